The summed E-state index contributed by atoms with van der Waals surface area (Å²) in [5.41, 5.74) is 2.53. The Morgan fingerprint density at radius 2 is 2.26 bits per heavy atom. The van der Waals surface area contributed by atoms with E-state index >= 15 is 0 Å². The fourth-order valence-electron chi connectivity index (χ4n) is 3.44. The zero-order valence-electron chi connectivity index (χ0n) is 13.7. The molecule has 1 aliphatic rings. The van der Waals surface area contributed by atoms with E-state index in [0.29, 0.717) is 0 Å². The number of imidazole rings is 1. The van der Waals surface area contributed by atoms with Crippen LogP contribution in [0.1, 0.15) is 35.9 Å². The lowest BCUT2D eigenvalue weighted by Gasteiger charge is -2.35. The highest BCUT2D eigenvalue weighted by molar-refractivity contribution is 6.30. The summed E-state index contributed by atoms with van der Waals surface area (Å²) in [6.45, 7) is 4.99. The number of aromatic nitrogens is 2. The molecule has 2 heterocycles. The summed E-state index contributed by atoms with van der Waals surface area (Å²) in [4.78, 5) is 6.73. The topological polar surface area (TPSA) is 41.3 Å². The van der Waals surface area contributed by atoms with Gasteiger partial charge in [-0.2, -0.15) is 0 Å². The van der Waals surface area contributed by atoms with Gasteiger partial charge in [0.15, 0.2) is 0 Å². The summed E-state index contributed by atoms with van der Waals surface area (Å²) in [6.07, 6.45) is 5.29. The quantitative estimate of drug-likeness (QED) is 0.933. The molecule has 1 aliphatic heterocycles. The van der Waals surface area contributed by atoms with Crippen molar-refractivity contribution >= 4 is 11.6 Å². The third-order valence-corrected chi connectivity index (χ3v) is 5.05. The Morgan fingerprint density at radius 1 is 1.43 bits per heavy atom. The Hall–Kier alpha value is -1.36. The highest BCUT2D eigenvalue weighted by Crippen LogP contribution is 2.29. The number of benzene rings is 1. The van der Waals surface area contributed by atoms with Crippen LogP contribution in [0, 0.1) is 12.8 Å². The Labute approximate surface area is 142 Å². The van der Waals surface area contributed by atoms with E-state index in [1.807, 2.05) is 29.9 Å². The standard InChI is InChI=1S/C18H24ClN3O/c1-13-10-16(19)6-5-14(13)11-22-8-3-4-15(12-22)17(23)18-20-7-9-21(18)2/h5-7,9-10,15,17,23H,3-4,8,11-12H2,1-2H3/t15-,17-/m1/s1. The van der Waals surface area contributed by atoms with Crippen molar-refractivity contribution in [2.75, 3.05) is 13.1 Å². The summed E-state index contributed by atoms with van der Waals surface area (Å²) >= 11 is 6.04. The van der Waals surface area contributed by atoms with E-state index in [-0.39, 0.29) is 5.92 Å². The van der Waals surface area contributed by atoms with Crippen molar-refractivity contribution in [1.82, 2.24) is 14.5 Å². The molecule has 2 atom stereocenters. The van der Waals surface area contributed by atoms with E-state index in [0.717, 1.165) is 43.3 Å². The molecule has 0 aliphatic carbocycles. The lowest BCUT2D eigenvalue weighted by atomic mass is 9.91. The monoisotopic (exact) mass is 333 g/mol. The van der Waals surface area contributed by atoms with Crippen LogP contribution in [-0.2, 0) is 13.6 Å². The van der Waals surface area contributed by atoms with Gasteiger partial charge in [-0.1, -0.05) is 17.7 Å². The van der Waals surface area contributed by atoms with Gasteiger partial charge < -0.3 is 9.67 Å². The van der Waals surface area contributed by atoms with Crippen molar-refractivity contribution in [1.29, 1.82) is 0 Å². The molecule has 0 saturated carbocycles. The maximum absolute atomic E-state index is 10.7. The Morgan fingerprint density at radius 3 is 2.96 bits per heavy atom. The van der Waals surface area contributed by atoms with Gasteiger partial charge in [-0.15, -0.1) is 0 Å². The van der Waals surface area contributed by atoms with Crippen molar-refractivity contribution in [2.24, 2.45) is 13.0 Å². The van der Waals surface area contributed by atoms with Crippen molar-refractivity contribution in [3.63, 3.8) is 0 Å². The van der Waals surface area contributed by atoms with Gasteiger partial charge in [0, 0.05) is 43.5 Å². The third kappa shape index (κ3) is 3.77. The van der Waals surface area contributed by atoms with E-state index in [4.69, 9.17) is 11.6 Å². The lowest BCUT2D eigenvalue weighted by Crippen LogP contribution is -2.38. The molecule has 0 amide bonds. The van der Waals surface area contributed by atoms with Gasteiger partial charge in [0.25, 0.3) is 0 Å². The predicted octanol–water partition coefficient (Wildman–Crippen LogP) is 3.33. The number of aliphatic hydroxyl groups is 1. The fraction of sp³-hybridized carbons (Fsp3) is 0.500. The van der Waals surface area contributed by atoms with Crippen molar-refractivity contribution in [2.45, 2.75) is 32.4 Å². The molecule has 1 aromatic heterocycles. The minimum Gasteiger partial charge on any atom is -0.385 e. The zero-order chi connectivity index (χ0) is 16.4. The van der Waals surface area contributed by atoms with Gasteiger partial charge >= 0.3 is 0 Å². The van der Waals surface area contributed by atoms with Crippen LogP contribution in [0.3, 0.4) is 0 Å². The van der Waals surface area contributed by atoms with E-state index in [9.17, 15) is 5.11 Å². The first kappa shape index (κ1) is 16.5. The molecular weight excluding hydrogens is 310 g/mol. The van der Waals surface area contributed by atoms with Crippen molar-refractivity contribution in [3.05, 3.63) is 52.6 Å². The molecule has 2 aromatic rings. The molecule has 5 heteroatoms. The zero-order valence-corrected chi connectivity index (χ0v) is 14.5. The highest BCUT2D eigenvalue weighted by Gasteiger charge is 2.29. The van der Waals surface area contributed by atoms with Crippen LogP contribution < -0.4 is 0 Å². The third-order valence-electron chi connectivity index (χ3n) is 4.81. The van der Waals surface area contributed by atoms with Gasteiger partial charge in [-0.05, 0) is 49.6 Å². The summed E-state index contributed by atoms with van der Waals surface area (Å²) in [5.74, 6) is 0.997. The molecule has 0 bridgehead atoms. The minimum absolute atomic E-state index is 0.234. The summed E-state index contributed by atoms with van der Waals surface area (Å²) in [5, 5.41) is 11.4. The average Bonchev–Trinajstić information content (AvgIpc) is 2.96. The summed E-state index contributed by atoms with van der Waals surface area (Å²) < 4.78 is 1.91. The van der Waals surface area contributed by atoms with E-state index < -0.39 is 6.10 Å². The fourth-order valence-corrected chi connectivity index (χ4v) is 3.67. The smallest absolute Gasteiger partial charge is 0.137 e. The molecule has 1 N–H and O–H groups in total. The molecule has 4 nitrogen and oxygen atoms in total. The van der Waals surface area contributed by atoms with Crippen molar-refractivity contribution in [3.8, 4) is 0 Å². The molecule has 23 heavy (non-hydrogen) atoms. The van der Waals surface area contributed by atoms with Crippen LogP contribution in [0.15, 0.2) is 30.6 Å². The minimum atomic E-state index is -0.496. The van der Waals surface area contributed by atoms with Crippen molar-refractivity contribution < 1.29 is 5.11 Å². The maximum Gasteiger partial charge on any atom is 0.137 e. The lowest BCUT2D eigenvalue weighted by molar-refractivity contribution is 0.0404. The Kier molecular flexibility index (Phi) is 5.05. The van der Waals surface area contributed by atoms with Gasteiger partial charge in [0.1, 0.15) is 11.9 Å². The number of aliphatic hydroxyl groups excluding tert-OH is 1. The van der Waals surface area contributed by atoms with Gasteiger partial charge in [0.05, 0.1) is 0 Å². The molecule has 0 spiro atoms. The van der Waals surface area contributed by atoms with Crippen LogP contribution in [0.25, 0.3) is 0 Å². The molecule has 3 rings (SSSR count). The van der Waals surface area contributed by atoms with Gasteiger partial charge in [-0.3, -0.25) is 4.90 Å². The first-order valence-electron chi connectivity index (χ1n) is 8.17. The van der Waals surface area contributed by atoms with Crippen LogP contribution in [0.5, 0.6) is 0 Å². The first-order chi connectivity index (χ1) is 11.0. The number of likely N-dealkylation sites (tertiary alicyclic amines) is 1. The van der Waals surface area contributed by atoms with E-state index in [2.05, 4.69) is 22.9 Å². The molecular formula is C18H24ClN3O. The van der Waals surface area contributed by atoms with E-state index in [1.54, 1.807) is 6.20 Å². The van der Waals surface area contributed by atoms with Crippen LogP contribution in [0.4, 0.5) is 0 Å². The van der Waals surface area contributed by atoms with E-state index in [1.165, 1.54) is 11.1 Å². The number of rotatable bonds is 4. The van der Waals surface area contributed by atoms with Gasteiger partial charge in [0.2, 0.25) is 0 Å². The summed E-state index contributed by atoms with van der Waals surface area (Å²) in [6, 6.07) is 6.07. The highest BCUT2D eigenvalue weighted by atomic mass is 35.5. The maximum atomic E-state index is 10.7. The number of hydrogen-bond donors (Lipinski definition) is 1. The van der Waals surface area contributed by atoms with Crippen LogP contribution in [-0.4, -0.2) is 32.6 Å². The van der Waals surface area contributed by atoms with Gasteiger partial charge in [-0.25, -0.2) is 4.98 Å². The Balaban J connectivity index is 1.67. The number of aryl methyl sites for hydroxylation is 2. The molecule has 0 radical (unpaired) electrons. The second kappa shape index (κ2) is 7.04. The summed E-state index contributed by atoms with van der Waals surface area (Å²) in [7, 11) is 1.93. The number of halogens is 1. The number of piperidine rings is 1. The second-order valence-corrected chi connectivity index (χ2v) is 6.99. The first-order valence-corrected chi connectivity index (χ1v) is 8.55. The normalized spacial score (nSPS) is 20.6. The predicted molar refractivity (Wildman–Crippen MR) is 92.4 cm³/mol. The molecule has 1 fully saturated rings. The number of hydrogen-bond acceptors (Lipinski definition) is 3. The van der Waals surface area contributed by atoms with Crippen LogP contribution >= 0.6 is 11.6 Å². The second-order valence-electron chi connectivity index (χ2n) is 6.55. The molecule has 1 saturated heterocycles. The number of nitrogens with zero attached hydrogens (tertiary/aromatic N) is 3. The largest absolute Gasteiger partial charge is 0.385 e. The SMILES string of the molecule is Cc1cc(Cl)ccc1CN1CCC[C@@H]([C@@H](O)c2nccn2C)C1. The Bertz CT molecular complexity index is 670. The molecule has 1 aromatic carbocycles. The molecule has 0 unspecified atom stereocenters. The van der Waals surface area contributed by atoms with Crippen LogP contribution in [0.2, 0.25) is 5.02 Å². The molecule has 124 valence electrons. The average molecular weight is 334 g/mol.